The van der Waals surface area contributed by atoms with Gasteiger partial charge in [-0.15, -0.1) is 0 Å². The van der Waals surface area contributed by atoms with Gasteiger partial charge in [-0.05, 0) is 117 Å². The lowest BCUT2D eigenvalue weighted by atomic mass is 9.74. The molecule has 2 nitrogen and oxygen atoms in total. The Kier molecular flexibility index (Phi) is 7.97. The van der Waals surface area contributed by atoms with Crippen LogP contribution in [0.1, 0.15) is 23.6 Å². The molecule has 0 unspecified atom stereocenters. The summed E-state index contributed by atoms with van der Waals surface area (Å²) < 4.78 is 6.67. The average Bonchev–Trinajstić information content (AvgIpc) is 3.81. The predicted molar refractivity (Wildman–Crippen MR) is 242 cm³/mol. The van der Waals surface area contributed by atoms with Crippen molar-refractivity contribution in [2.24, 2.45) is 0 Å². The predicted octanol–water partition coefficient (Wildman–Crippen LogP) is 15.4. The lowest BCUT2D eigenvalue weighted by Gasteiger charge is -2.28. The van der Waals surface area contributed by atoms with E-state index in [9.17, 15) is 0 Å². The zero-order chi connectivity index (χ0) is 38.6. The molecule has 2 heteroatoms. The van der Waals surface area contributed by atoms with Crippen LogP contribution in [0.25, 0.3) is 66.4 Å². The quantitative estimate of drug-likeness (QED) is 0.162. The Morgan fingerprint density at radius 3 is 1.34 bits per heavy atom. The van der Waals surface area contributed by atoms with Crippen LogP contribution in [-0.2, 0) is 5.41 Å². The molecule has 0 aliphatic heterocycles. The highest BCUT2D eigenvalue weighted by Gasteiger charge is 2.40. The highest BCUT2D eigenvalue weighted by Crippen LogP contribution is 2.53. The molecule has 0 bridgehead atoms. The molecular formula is C56H39NO. The van der Waals surface area contributed by atoms with Gasteiger partial charge in [-0.25, -0.2) is 0 Å². The van der Waals surface area contributed by atoms with E-state index < -0.39 is 0 Å². The van der Waals surface area contributed by atoms with Crippen LogP contribution in [0.4, 0.5) is 17.1 Å². The van der Waals surface area contributed by atoms with Crippen molar-refractivity contribution in [2.75, 3.05) is 4.90 Å². The van der Waals surface area contributed by atoms with Gasteiger partial charge in [0.25, 0.3) is 0 Å². The smallest absolute Gasteiger partial charge is 0.137 e. The van der Waals surface area contributed by atoms with E-state index in [0.29, 0.717) is 0 Å². The molecule has 0 saturated carbocycles. The van der Waals surface area contributed by atoms with Crippen LogP contribution in [0.2, 0.25) is 0 Å². The minimum absolute atomic E-state index is 0.317. The largest absolute Gasteiger partial charge is 0.456 e. The molecule has 1 aliphatic rings. The lowest BCUT2D eigenvalue weighted by molar-refractivity contribution is 0.667. The maximum absolute atomic E-state index is 6.67. The van der Waals surface area contributed by atoms with Crippen LogP contribution in [0.3, 0.4) is 0 Å². The second-order valence-corrected chi connectivity index (χ2v) is 15.4. The number of fused-ring (bicyclic) bond motifs is 6. The summed E-state index contributed by atoms with van der Waals surface area (Å²) in [4.78, 5) is 2.38. The Labute approximate surface area is 338 Å². The van der Waals surface area contributed by atoms with Gasteiger partial charge >= 0.3 is 0 Å². The number of nitrogens with zero attached hydrogens (tertiary/aromatic N) is 1. The van der Waals surface area contributed by atoms with Crippen molar-refractivity contribution in [1.82, 2.24) is 0 Å². The SMILES string of the molecule is CC1(c2ccc3oc4cccc(N(c5ccc(-c6ccccc6)cc5)c5ccc(-c6ccc(-c7ccccc7)cc6)cc5)c4c3c2)c2ccccc2-c2ccccc21. The first kappa shape index (κ1) is 33.9. The molecular weight excluding hydrogens is 703 g/mol. The van der Waals surface area contributed by atoms with Gasteiger partial charge in [-0.2, -0.15) is 0 Å². The standard InChI is InChI=1S/C56H39NO/c1-56(50-19-10-8-17-47(50)48-18-9-11-20-51(48)56)44-31-36-53-49(37-44)55-52(21-12-22-54(55)58-53)57(45-32-27-42(28-33-45)39-15-6-3-7-16-39)46-34-29-43(30-35-46)41-25-23-40(24-26-41)38-13-4-2-5-14-38/h2-37H,1H3. The Bertz CT molecular complexity index is 3040. The fraction of sp³-hybridized carbons (Fsp3) is 0.0357. The first-order valence-corrected chi connectivity index (χ1v) is 20.0. The second kappa shape index (κ2) is 13.7. The third kappa shape index (κ3) is 5.49. The fourth-order valence-corrected chi connectivity index (χ4v) is 9.22. The number of hydrogen-bond donors (Lipinski definition) is 0. The summed E-state index contributed by atoms with van der Waals surface area (Å²) in [6, 6.07) is 78.8. The minimum Gasteiger partial charge on any atom is -0.456 e. The van der Waals surface area contributed by atoms with Crippen molar-refractivity contribution in [1.29, 1.82) is 0 Å². The molecule has 9 aromatic carbocycles. The zero-order valence-corrected chi connectivity index (χ0v) is 32.1. The number of furan rings is 1. The maximum atomic E-state index is 6.67. The van der Waals surface area contributed by atoms with Gasteiger partial charge in [-0.3, -0.25) is 0 Å². The van der Waals surface area contributed by atoms with Gasteiger partial charge < -0.3 is 9.32 Å². The Hall–Kier alpha value is -7.42. The van der Waals surface area contributed by atoms with Gasteiger partial charge in [0.05, 0.1) is 11.1 Å². The summed E-state index contributed by atoms with van der Waals surface area (Å²) in [5.74, 6) is 0. The van der Waals surface area contributed by atoms with Gasteiger partial charge in [0, 0.05) is 22.2 Å². The Morgan fingerprint density at radius 1 is 0.379 bits per heavy atom. The summed E-state index contributed by atoms with van der Waals surface area (Å²) in [5, 5.41) is 2.20. The van der Waals surface area contributed by atoms with Crippen LogP contribution in [0.15, 0.2) is 223 Å². The monoisotopic (exact) mass is 741 g/mol. The van der Waals surface area contributed by atoms with Crippen molar-refractivity contribution in [3.05, 3.63) is 235 Å². The molecule has 0 amide bonds. The molecule has 0 saturated heterocycles. The summed E-state index contributed by atoms with van der Waals surface area (Å²) in [6.07, 6.45) is 0. The molecule has 1 heterocycles. The van der Waals surface area contributed by atoms with Crippen molar-refractivity contribution < 1.29 is 4.42 Å². The molecule has 0 spiro atoms. The van der Waals surface area contributed by atoms with E-state index in [1.54, 1.807) is 0 Å². The molecule has 58 heavy (non-hydrogen) atoms. The molecule has 1 aliphatic carbocycles. The number of rotatable bonds is 7. The first-order valence-electron chi connectivity index (χ1n) is 20.0. The summed E-state index contributed by atoms with van der Waals surface area (Å²) >= 11 is 0. The lowest BCUT2D eigenvalue weighted by Crippen LogP contribution is -2.22. The third-order valence-corrected chi connectivity index (χ3v) is 12.2. The van der Waals surface area contributed by atoms with Crippen LogP contribution in [0, 0.1) is 0 Å². The van der Waals surface area contributed by atoms with E-state index in [4.69, 9.17) is 4.42 Å². The van der Waals surface area contributed by atoms with E-state index in [1.165, 1.54) is 61.2 Å². The van der Waals surface area contributed by atoms with Crippen LogP contribution in [-0.4, -0.2) is 0 Å². The molecule has 1 aromatic heterocycles. The molecule has 0 N–H and O–H groups in total. The highest BCUT2D eigenvalue weighted by atomic mass is 16.3. The Balaban J connectivity index is 1.06. The maximum Gasteiger partial charge on any atom is 0.137 e. The molecule has 11 rings (SSSR count). The molecule has 274 valence electrons. The topological polar surface area (TPSA) is 16.4 Å². The van der Waals surface area contributed by atoms with Gasteiger partial charge in [0.15, 0.2) is 0 Å². The second-order valence-electron chi connectivity index (χ2n) is 15.4. The van der Waals surface area contributed by atoms with Crippen molar-refractivity contribution in [3.63, 3.8) is 0 Å². The number of anilines is 3. The first-order chi connectivity index (χ1) is 28.6. The van der Waals surface area contributed by atoms with Gasteiger partial charge in [-0.1, -0.05) is 170 Å². The minimum atomic E-state index is -0.317. The van der Waals surface area contributed by atoms with E-state index in [-0.39, 0.29) is 5.41 Å². The summed E-state index contributed by atoms with van der Waals surface area (Å²) in [7, 11) is 0. The molecule has 0 atom stereocenters. The van der Waals surface area contributed by atoms with E-state index in [2.05, 4.69) is 230 Å². The van der Waals surface area contributed by atoms with E-state index >= 15 is 0 Å². The van der Waals surface area contributed by atoms with Gasteiger partial charge in [0.1, 0.15) is 11.2 Å². The zero-order valence-electron chi connectivity index (χ0n) is 32.1. The van der Waals surface area contributed by atoms with Crippen molar-refractivity contribution >= 4 is 39.0 Å². The third-order valence-electron chi connectivity index (χ3n) is 12.2. The van der Waals surface area contributed by atoms with E-state index in [0.717, 1.165) is 39.0 Å². The summed E-state index contributed by atoms with van der Waals surface area (Å²) in [5.41, 5.74) is 18.3. The number of benzene rings is 9. The van der Waals surface area contributed by atoms with Gasteiger partial charge in [0.2, 0.25) is 0 Å². The van der Waals surface area contributed by atoms with Crippen LogP contribution < -0.4 is 4.90 Å². The highest BCUT2D eigenvalue weighted by molar-refractivity contribution is 6.13. The van der Waals surface area contributed by atoms with E-state index in [1.807, 2.05) is 0 Å². The molecule has 0 radical (unpaired) electrons. The van der Waals surface area contributed by atoms with Crippen molar-refractivity contribution in [2.45, 2.75) is 12.3 Å². The fourth-order valence-electron chi connectivity index (χ4n) is 9.22. The molecule has 10 aromatic rings. The van der Waals surface area contributed by atoms with Crippen molar-refractivity contribution in [3.8, 4) is 44.5 Å². The molecule has 0 fully saturated rings. The normalized spacial score (nSPS) is 12.7. The van der Waals surface area contributed by atoms with Crippen LogP contribution in [0.5, 0.6) is 0 Å². The van der Waals surface area contributed by atoms with Crippen LogP contribution >= 0.6 is 0 Å². The number of hydrogen-bond acceptors (Lipinski definition) is 2. The average molecular weight is 742 g/mol. The Morgan fingerprint density at radius 2 is 0.828 bits per heavy atom. The summed E-state index contributed by atoms with van der Waals surface area (Å²) in [6.45, 7) is 2.37.